The number of anilines is 2. The lowest BCUT2D eigenvalue weighted by Crippen LogP contribution is -2.48. The molecule has 1 amide bonds. The number of nitrogens with one attached hydrogen (secondary N) is 3. The standard InChI is InChI=1S/C35H36Cl2FN5O4/c1-34(2,3)14-28-35(17-43(16-21-15-39-18-40-21)26-13-20(36)9-10-23(26)35)29(22-6-5-7-24(37)30(22)38)31(42-28)32(44)41-25-11-8-19(33(45)46)12-27(25)47-4/h5-13,15,18,28-29,31,42H,14,16-17H2,1-4H3,(H,39,40)(H,41,44)(H,45,46)/t28?,29-,31+,35-/m0/s1. The number of hydrogen-bond acceptors (Lipinski definition) is 6. The highest BCUT2D eigenvalue weighted by Gasteiger charge is 2.63. The molecule has 6 rings (SSSR count). The predicted molar refractivity (Wildman–Crippen MR) is 180 cm³/mol. The minimum Gasteiger partial charge on any atom is -0.495 e. The second-order valence-corrected chi connectivity index (χ2v) is 14.3. The van der Waals surface area contributed by atoms with E-state index in [1.165, 1.54) is 31.4 Å². The summed E-state index contributed by atoms with van der Waals surface area (Å²) in [5.74, 6) is -2.66. The highest BCUT2D eigenvalue weighted by molar-refractivity contribution is 6.31. The van der Waals surface area contributed by atoms with Crippen molar-refractivity contribution in [2.45, 2.75) is 57.2 Å². The molecule has 4 aromatic rings. The van der Waals surface area contributed by atoms with Gasteiger partial charge in [-0.3, -0.25) is 4.79 Å². The van der Waals surface area contributed by atoms with E-state index in [0.717, 1.165) is 16.9 Å². The smallest absolute Gasteiger partial charge is 0.335 e. The topological polar surface area (TPSA) is 120 Å². The van der Waals surface area contributed by atoms with Gasteiger partial charge in [-0.05, 0) is 59.4 Å². The third kappa shape index (κ3) is 6.06. The summed E-state index contributed by atoms with van der Waals surface area (Å²) < 4.78 is 21.7. The van der Waals surface area contributed by atoms with Gasteiger partial charge in [0.25, 0.3) is 0 Å². The summed E-state index contributed by atoms with van der Waals surface area (Å²) in [5.41, 5.74) is 2.38. The summed E-state index contributed by atoms with van der Waals surface area (Å²) >= 11 is 13.0. The fourth-order valence-electron chi connectivity index (χ4n) is 7.34. The first-order valence-electron chi connectivity index (χ1n) is 15.3. The number of carboxylic acid groups (broad SMARTS) is 1. The average molecular weight is 681 g/mol. The zero-order chi connectivity index (χ0) is 33.7. The number of halogens is 3. The van der Waals surface area contributed by atoms with Crippen molar-refractivity contribution in [3.8, 4) is 5.75 Å². The van der Waals surface area contributed by atoms with Gasteiger partial charge < -0.3 is 30.4 Å². The molecule has 0 aliphatic carbocycles. The van der Waals surface area contributed by atoms with E-state index in [4.69, 9.17) is 27.9 Å². The van der Waals surface area contributed by atoms with E-state index in [0.29, 0.717) is 35.8 Å². The number of ether oxygens (including phenoxy) is 1. The first-order chi connectivity index (χ1) is 22.3. The quantitative estimate of drug-likeness (QED) is 0.158. The van der Waals surface area contributed by atoms with E-state index in [9.17, 15) is 14.7 Å². The number of hydrogen-bond donors (Lipinski definition) is 4. The number of fused-ring (bicyclic) bond motifs is 2. The summed E-state index contributed by atoms with van der Waals surface area (Å²) in [7, 11) is 1.40. The van der Waals surface area contributed by atoms with Gasteiger partial charge in [0.2, 0.25) is 5.91 Å². The van der Waals surface area contributed by atoms with Crippen molar-refractivity contribution in [1.29, 1.82) is 0 Å². The minimum absolute atomic E-state index is 0.0143. The number of carbonyl (C=O) groups excluding carboxylic acids is 1. The maximum atomic E-state index is 16.3. The lowest BCUT2D eigenvalue weighted by molar-refractivity contribution is -0.118. The molecule has 0 radical (unpaired) electrons. The van der Waals surface area contributed by atoms with Crippen molar-refractivity contribution in [2.24, 2.45) is 5.41 Å². The number of amides is 1. The third-order valence-corrected chi connectivity index (χ3v) is 9.71. The van der Waals surface area contributed by atoms with Crippen LogP contribution in [0.15, 0.2) is 67.1 Å². The average Bonchev–Trinajstić information content (AvgIpc) is 3.72. The van der Waals surface area contributed by atoms with Crippen LogP contribution in [0, 0.1) is 11.2 Å². The number of carbonyl (C=O) groups is 2. The van der Waals surface area contributed by atoms with E-state index < -0.39 is 35.1 Å². The van der Waals surface area contributed by atoms with E-state index in [1.54, 1.807) is 24.7 Å². The Morgan fingerprint density at radius 1 is 1.17 bits per heavy atom. The van der Waals surface area contributed by atoms with Crippen LogP contribution in [0.2, 0.25) is 10.0 Å². The van der Waals surface area contributed by atoms with Crippen LogP contribution in [0.25, 0.3) is 0 Å². The lowest BCUT2D eigenvalue weighted by Gasteiger charge is -2.40. The number of H-pyrrole nitrogens is 1. The fraction of sp³-hybridized carbons (Fsp3) is 0.343. The zero-order valence-corrected chi connectivity index (χ0v) is 27.9. The number of aromatic amines is 1. The predicted octanol–water partition coefficient (Wildman–Crippen LogP) is 7.02. The highest BCUT2D eigenvalue weighted by atomic mass is 35.5. The Bertz CT molecular complexity index is 1830. The van der Waals surface area contributed by atoms with Crippen LogP contribution >= 0.6 is 23.2 Å². The SMILES string of the molecule is COc1cc(C(=O)O)ccc1NC(=O)[C@@H]1NC(CC(C)(C)C)[C@@]2(CN(Cc3cnc[nH]3)c3cc(Cl)ccc32)[C@H]1c1cccc(Cl)c1F. The van der Waals surface area contributed by atoms with Gasteiger partial charge in [0.1, 0.15) is 11.6 Å². The van der Waals surface area contributed by atoms with Gasteiger partial charge in [-0.1, -0.05) is 62.2 Å². The molecule has 1 spiro atoms. The van der Waals surface area contributed by atoms with Gasteiger partial charge in [-0.25, -0.2) is 14.2 Å². The number of nitrogens with zero attached hydrogens (tertiary/aromatic N) is 2. The van der Waals surface area contributed by atoms with Gasteiger partial charge in [-0.2, -0.15) is 0 Å². The van der Waals surface area contributed by atoms with E-state index in [2.05, 4.69) is 46.3 Å². The molecule has 9 nitrogen and oxygen atoms in total. The molecule has 12 heteroatoms. The van der Waals surface area contributed by atoms with E-state index >= 15 is 4.39 Å². The third-order valence-electron chi connectivity index (χ3n) is 9.18. The first kappa shape index (κ1) is 32.8. The maximum absolute atomic E-state index is 16.3. The van der Waals surface area contributed by atoms with Crippen LogP contribution < -0.4 is 20.3 Å². The molecular weight excluding hydrogens is 644 g/mol. The number of carboxylic acids is 1. The van der Waals surface area contributed by atoms with Gasteiger partial charge in [0.15, 0.2) is 0 Å². The lowest BCUT2D eigenvalue weighted by atomic mass is 9.63. The Hall–Kier alpha value is -4.12. The molecule has 3 heterocycles. The van der Waals surface area contributed by atoms with Crippen LogP contribution in [0.5, 0.6) is 5.75 Å². The largest absolute Gasteiger partial charge is 0.495 e. The van der Waals surface area contributed by atoms with Crippen molar-refractivity contribution >= 4 is 46.5 Å². The maximum Gasteiger partial charge on any atom is 0.335 e. The molecule has 1 saturated heterocycles. The number of methoxy groups -OCH3 is 1. The molecule has 2 aliphatic rings. The van der Waals surface area contributed by atoms with Crippen molar-refractivity contribution in [3.05, 3.63) is 105 Å². The highest BCUT2D eigenvalue weighted by Crippen LogP contribution is 2.58. The van der Waals surface area contributed by atoms with Crippen molar-refractivity contribution in [3.63, 3.8) is 0 Å². The molecule has 2 aliphatic heterocycles. The summed E-state index contributed by atoms with van der Waals surface area (Å²) in [5, 5.41) is 16.6. The molecule has 1 unspecified atom stereocenters. The summed E-state index contributed by atoms with van der Waals surface area (Å²) in [6, 6.07) is 13.7. The molecule has 0 saturated carbocycles. The summed E-state index contributed by atoms with van der Waals surface area (Å²) in [6.45, 7) is 7.36. The van der Waals surface area contributed by atoms with Gasteiger partial charge in [-0.15, -0.1) is 0 Å². The van der Waals surface area contributed by atoms with Gasteiger partial charge in [0.05, 0.1) is 48.0 Å². The Labute approximate surface area is 282 Å². The Kier molecular flexibility index (Phi) is 8.71. The number of aromatic nitrogens is 2. The first-order valence-corrected chi connectivity index (χ1v) is 16.0. The Balaban J connectivity index is 1.53. The normalized spacial score (nSPS) is 22.0. The molecule has 1 fully saturated rings. The molecule has 4 N–H and O–H groups in total. The van der Waals surface area contributed by atoms with Crippen LogP contribution in [-0.2, 0) is 16.8 Å². The van der Waals surface area contributed by atoms with E-state index in [1.807, 2.05) is 18.2 Å². The van der Waals surface area contributed by atoms with Gasteiger partial charge >= 0.3 is 5.97 Å². The number of imidazole rings is 1. The molecule has 246 valence electrons. The number of benzene rings is 3. The van der Waals surface area contributed by atoms with E-state index in [-0.39, 0.29) is 27.8 Å². The van der Waals surface area contributed by atoms with Gasteiger partial charge in [0, 0.05) is 40.8 Å². The minimum atomic E-state index is -1.12. The molecular formula is C35H36Cl2FN5O4. The number of aromatic carboxylic acids is 1. The molecule has 47 heavy (non-hydrogen) atoms. The van der Waals surface area contributed by atoms with Crippen molar-refractivity contribution in [2.75, 3.05) is 23.9 Å². The summed E-state index contributed by atoms with van der Waals surface area (Å²) in [6.07, 6.45) is 4.05. The molecule has 0 bridgehead atoms. The van der Waals surface area contributed by atoms with Crippen LogP contribution in [0.3, 0.4) is 0 Å². The second kappa shape index (κ2) is 12.5. The van der Waals surface area contributed by atoms with Crippen molar-refractivity contribution in [1.82, 2.24) is 15.3 Å². The Morgan fingerprint density at radius 3 is 2.64 bits per heavy atom. The van der Waals surface area contributed by atoms with Crippen LogP contribution in [0.4, 0.5) is 15.8 Å². The summed E-state index contributed by atoms with van der Waals surface area (Å²) in [4.78, 5) is 35.7. The number of rotatable bonds is 8. The molecule has 3 aromatic carbocycles. The van der Waals surface area contributed by atoms with Crippen LogP contribution in [-0.4, -0.2) is 52.7 Å². The fourth-order valence-corrected chi connectivity index (χ4v) is 7.69. The molecule has 4 atom stereocenters. The van der Waals surface area contributed by atoms with Crippen molar-refractivity contribution < 1.29 is 23.8 Å². The monoisotopic (exact) mass is 679 g/mol. The Morgan fingerprint density at radius 2 is 1.96 bits per heavy atom. The second-order valence-electron chi connectivity index (χ2n) is 13.4. The van der Waals surface area contributed by atoms with Crippen LogP contribution in [0.1, 0.15) is 60.3 Å². The molecule has 1 aromatic heterocycles. The zero-order valence-electron chi connectivity index (χ0n) is 26.4.